The molecule has 5 heterocycles. The second kappa shape index (κ2) is 30.9. The van der Waals surface area contributed by atoms with Gasteiger partial charge in [0.2, 0.25) is 28.5 Å². The standard InChI is InChI=1S/C27H28N.C27H22N.C25H26N.C24H24N.C23H22N/c2*1-18-14-15-22-21-12-6-7-13-23(21)27(20-10-4-3-5-11-20)17-19-9-8-16-28(2)26(19)24(18)25(22)27;1-5-17(3)25-15-18-9-8-14-26(4)24(18)22-16(2)12-13-20(23(22)25)19-10-6-7-11-21(19)25;1-15(2)24-14-17-8-7-13-25(4)23(17)21-16(3)11-12-19(22(21)24)18-9-5-6-10-20(18)24;1-4-23-14-16-8-7-13-24(3)22(16)20-15(2)11-12-18(21(20)23)17-9-5-6-10-19(17)23/h6-9,12-16,20H,3-5,10-11,17H2,1-2H3;3-16H,17H2,1-2H3;6-14,17H,5,15H2,1-4H3;5-13,15H,14H2,1-4H3;5-13H,4,14H2,1-3H3/q5*+1. The molecule has 646 valence electrons. The molecular weight excluding hydrogens is 1580 g/mol. The van der Waals surface area contributed by atoms with Gasteiger partial charge in [0, 0.05) is 79.8 Å². The number of benzene rings is 11. The first-order valence-electron chi connectivity index (χ1n) is 48.9. The Balaban J connectivity index is 0.0000000932. The lowest BCUT2D eigenvalue weighted by Crippen LogP contribution is -2.44. The van der Waals surface area contributed by atoms with E-state index in [-0.39, 0.29) is 27.1 Å². The van der Waals surface area contributed by atoms with E-state index in [1.54, 1.807) is 27.8 Å². The largest absolute Gasteiger partial charge is 0.216 e. The summed E-state index contributed by atoms with van der Waals surface area (Å²) in [4.78, 5) is 0. The number of nitrogens with zero attached hydrogens (tertiary/aromatic N) is 5. The molecular formula is C126H122N5+5. The van der Waals surface area contributed by atoms with Gasteiger partial charge < -0.3 is 0 Å². The van der Waals surface area contributed by atoms with Crippen molar-refractivity contribution >= 4 is 0 Å². The SMILES string of the molecule is CCC(C)C12Cc3ccc[n+](C)c3-c3c(C)ccc(c31)-c1ccccc12.CCC12Cc3ccc[n+](C)c3-c3c(C)ccc(c31)-c1ccccc12.Cc1ccc2c3c1-c1c(ccc[n+]1C)CC3(C(C)C)c1ccccc1-2.Cc1ccc2c3c1-c1c(ccc[n+]1C)CC3(C1CCCCC1)c1ccccc1-2.Cc1ccc2c3c1-c1c(ccc[n+]1C)CC3(c1ccccc1)c1ccccc1-2. The fraction of sp³-hybridized carbons (Fsp3) is 0.278. The van der Waals surface area contributed by atoms with E-state index in [0.717, 1.165) is 44.4 Å². The summed E-state index contributed by atoms with van der Waals surface area (Å²) in [6, 6.07) is 103. The van der Waals surface area contributed by atoms with Crippen LogP contribution in [0.2, 0.25) is 0 Å². The zero-order chi connectivity index (χ0) is 89.6. The summed E-state index contributed by atoms with van der Waals surface area (Å²) < 4.78 is 11.6. The van der Waals surface area contributed by atoms with Gasteiger partial charge in [-0.15, -0.1) is 0 Å². The van der Waals surface area contributed by atoms with Crippen LogP contribution in [0.5, 0.6) is 0 Å². The lowest BCUT2D eigenvalue weighted by atomic mass is 9.57. The van der Waals surface area contributed by atoms with Gasteiger partial charge in [0.25, 0.3) is 0 Å². The van der Waals surface area contributed by atoms with Crippen molar-refractivity contribution in [3.63, 3.8) is 0 Å². The molecule has 131 heavy (non-hydrogen) atoms. The molecule has 0 bridgehead atoms. The minimum atomic E-state index is -0.115. The number of pyridine rings is 5. The first kappa shape index (κ1) is 82.6. The van der Waals surface area contributed by atoms with Crippen LogP contribution >= 0.6 is 0 Å². The third-order valence-electron chi connectivity index (χ3n) is 34.3. The topological polar surface area (TPSA) is 19.4 Å². The van der Waals surface area contributed by atoms with Crippen molar-refractivity contribution in [2.24, 2.45) is 53.0 Å². The number of aromatic nitrogens is 5. The Kier molecular flexibility index (Phi) is 19.5. The van der Waals surface area contributed by atoms with Gasteiger partial charge in [-0.05, 0) is 279 Å². The van der Waals surface area contributed by atoms with Crippen LogP contribution < -0.4 is 22.8 Å². The maximum absolute atomic E-state index is 2.45. The van der Waals surface area contributed by atoms with Crippen LogP contribution in [0.3, 0.4) is 0 Å². The molecule has 5 nitrogen and oxygen atoms in total. The number of aryl methyl sites for hydroxylation is 10. The summed E-state index contributed by atoms with van der Waals surface area (Å²) in [5.74, 6) is 1.90. The lowest BCUT2D eigenvalue weighted by molar-refractivity contribution is -0.661. The highest BCUT2D eigenvalue weighted by Crippen LogP contribution is 2.67. The van der Waals surface area contributed by atoms with Crippen LogP contribution in [-0.2, 0) is 94.4 Å². The molecule has 16 aromatic rings. The minimum Gasteiger partial charge on any atom is -0.201 e. The van der Waals surface area contributed by atoms with Gasteiger partial charge in [0.05, 0.1) is 33.2 Å². The summed E-state index contributed by atoms with van der Waals surface area (Å²) in [7, 11) is 10.9. The Bertz CT molecular complexity index is 7470. The molecule has 27 rings (SSSR count). The van der Waals surface area contributed by atoms with Gasteiger partial charge in [-0.1, -0.05) is 273 Å². The van der Waals surface area contributed by atoms with Crippen molar-refractivity contribution in [2.45, 2.75) is 173 Å². The molecule has 0 N–H and O–H groups in total. The molecule has 0 amide bonds. The fourth-order valence-corrected chi connectivity index (χ4v) is 28.5. The second-order valence-corrected chi connectivity index (χ2v) is 40.9. The molecule has 1 saturated carbocycles. The Morgan fingerprint density at radius 1 is 0.282 bits per heavy atom. The molecule has 11 aromatic carbocycles. The number of fused-ring (bicyclic) bond motifs is 25. The van der Waals surface area contributed by atoms with Gasteiger partial charge in [-0.3, -0.25) is 0 Å². The van der Waals surface area contributed by atoms with Crippen molar-refractivity contribution < 1.29 is 22.8 Å². The van der Waals surface area contributed by atoms with Crippen molar-refractivity contribution in [2.75, 3.05) is 0 Å². The first-order valence-corrected chi connectivity index (χ1v) is 48.9. The average Bonchev–Trinajstić information content (AvgIpc) is 1.53. The highest BCUT2D eigenvalue weighted by Gasteiger charge is 2.58. The van der Waals surface area contributed by atoms with E-state index in [4.69, 9.17) is 0 Å². The van der Waals surface area contributed by atoms with Crippen LogP contribution in [0.15, 0.2) is 304 Å². The third-order valence-corrected chi connectivity index (χ3v) is 34.3. The predicted octanol–water partition coefficient (Wildman–Crippen LogP) is 26.3. The molecule has 11 aliphatic rings. The summed E-state index contributed by atoms with van der Waals surface area (Å²) in [6.45, 7) is 23.3. The molecule has 0 saturated heterocycles. The van der Waals surface area contributed by atoms with Crippen LogP contribution in [0.25, 0.3) is 112 Å². The molecule has 1 fully saturated rings. The van der Waals surface area contributed by atoms with E-state index in [0.29, 0.717) is 11.8 Å². The molecule has 5 aromatic heterocycles. The van der Waals surface area contributed by atoms with E-state index in [1.165, 1.54) is 239 Å². The zero-order valence-electron chi connectivity index (χ0n) is 79.3. The van der Waals surface area contributed by atoms with Crippen LogP contribution in [0, 0.1) is 52.4 Å². The van der Waals surface area contributed by atoms with Gasteiger partial charge in [-0.25, -0.2) is 22.8 Å². The van der Waals surface area contributed by atoms with Crippen molar-refractivity contribution in [1.82, 2.24) is 0 Å². The van der Waals surface area contributed by atoms with E-state index in [9.17, 15) is 0 Å². The molecule has 0 aliphatic heterocycles. The van der Waals surface area contributed by atoms with Crippen LogP contribution in [-0.4, -0.2) is 0 Å². The predicted molar refractivity (Wildman–Crippen MR) is 535 cm³/mol. The lowest BCUT2D eigenvalue weighted by Gasteiger charge is -2.45. The smallest absolute Gasteiger partial charge is 0.201 e. The Morgan fingerprint density at radius 2 is 0.611 bits per heavy atom. The Hall–Kier alpha value is -12.8. The van der Waals surface area contributed by atoms with Gasteiger partial charge >= 0.3 is 0 Å². The summed E-state index contributed by atoms with van der Waals surface area (Å²) in [5.41, 5.74) is 60.4. The van der Waals surface area contributed by atoms with Crippen LogP contribution in [0.4, 0.5) is 0 Å². The highest BCUT2D eigenvalue weighted by atomic mass is 15.0. The maximum atomic E-state index is 2.45. The van der Waals surface area contributed by atoms with Gasteiger partial charge in [-0.2, -0.15) is 0 Å². The average molecular weight is 1710 g/mol. The van der Waals surface area contributed by atoms with Gasteiger partial charge in [0.1, 0.15) is 35.2 Å². The van der Waals surface area contributed by atoms with E-state index < -0.39 is 0 Å². The maximum Gasteiger partial charge on any atom is 0.216 e. The Morgan fingerprint density at radius 3 is 1.07 bits per heavy atom. The van der Waals surface area contributed by atoms with Crippen molar-refractivity contribution in [1.29, 1.82) is 0 Å². The molecule has 0 spiro atoms. The third kappa shape index (κ3) is 11.5. The van der Waals surface area contributed by atoms with Crippen molar-refractivity contribution in [3.05, 3.63) is 421 Å². The number of hydrogen-bond donors (Lipinski definition) is 0. The summed E-state index contributed by atoms with van der Waals surface area (Å²) >= 11 is 0. The summed E-state index contributed by atoms with van der Waals surface area (Å²) in [5, 5.41) is 0. The van der Waals surface area contributed by atoms with Crippen LogP contribution in [0.1, 0.15) is 196 Å². The van der Waals surface area contributed by atoms with E-state index >= 15 is 0 Å². The molecule has 5 heteroatoms. The minimum absolute atomic E-state index is 0.0919. The zero-order valence-corrected chi connectivity index (χ0v) is 79.3. The van der Waals surface area contributed by atoms with Crippen molar-refractivity contribution in [3.8, 4) is 112 Å². The molecule has 6 unspecified atom stereocenters. The summed E-state index contributed by atoms with van der Waals surface area (Å²) in [6.07, 6.45) is 25.7. The molecule has 11 aliphatic carbocycles. The Labute approximate surface area is 776 Å². The molecule has 6 atom stereocenters. The quantitative estimate of drug-likeness (QED) is 0.148. The number of hydrogen-bond acceptors (Lipinski definition) is 0. The fourth-order valence-electron chi connectivity index (χ4n) is 28.5. The highest BCUT2D eigenvalue weighted by molar-refractivity contribution is 5.97. The monoisotopic (exact) mass is 1700 g/mol. The van der Waals surface area contributed by atoms with Gasteiger partial charge in [0.15, 0.2) is 31.0 Å². The van der Waals surface area contributed by atoms with E-state index in [1.807, 2.05) is 0 Å². The molecule has 0 radical (unpaired) electrons. The first-order chi connectivity index (χ1) is 63.7. The van der Waals surface area contributed by atoms with E-state index in [2.05, 4.69) is 431 Å². The normalized spacial score (nSPS) is 20.1. The number of rotatable bonds is 6. The second-order valence-electron chi connectivity index (χ2n) is 40.9.